The topological polar surface area (TPSA) is 0 Å². The van der Waals surface area contributed by atoms with Crippen molar-refractivity contribution in [1.82, 2.24) is 0 Å². The SMILES string of the molecule is C=C(C)CC(C)(C)CCC(C)C. The molecular formula is C12H24. The van der Waals surface area contributed by atoms with Gasteiger partial charge in [0, 0.05) is 0 Å². The molecule has 0 aromatic heterocycles. The van der Waals surface area contributed by atoms with Gasteiger partial charge >= 0.3 is 0 Å². The lowest BCUT2D eigenvalue weighted by Crippen LogP contribution is -2.12. The molecule has 12 heavy (non-hydrogen) atoms. The maximum Gasteiger partial charge on any atom is -0.0274 e. The van der Waals surface area contributed by atoms with Crippen LogP contribution in [0.5, 0.6) is 0 Å². The van der Waals surface area contributed by atoms with Gasteiger partial charge in [0.1, 0.15) is 0 Å². The second kappa shape index (κ2) is 4.69. The second-order valence-electron chi connectivity index (χ2n) is 5.23. The van der Waals surface area contributed by atoms with Crippen LogP contribution in [-0.4, -0.2) is 0 Å². The van der Waals surface area contributed by atoms with Gasteiger partial charge in [-0.3, -0.25) is 0 Å². The van der Waals surface area contributed by atoms with Crippen molar-refractivity contribution in [2.24, 2.45) is 11.3 Å². The fraction of sp³-hybridized carbons (Fsp3) is 0.833. The Morgan fingerprint density at radius 2 is 1.83 bits per heavy atom. The van der Waals surface area contributed by atoms with Crippen molar-refractivity contribution in [1.29, 1.82) is 0 Å². The predicted octanol–water partition coefficient (Wildman–Crippen LogP) is 4.42. The Hall–Kier alpha value is -0.260. The van der Waals surface area contributed by atoms with Crippen LogP contribution in [0.1, 0.15) is 53.9 Å². The number of hydrogen-bond donors (Lipinski definition) is 0. The van der Waals surface area contributed by atoms with Crippen molar-refractivity contribution in [2.45, 2.75) is 53.9 Å². The zero-order chi connectivity index (χ0) is 9.78. The molecule has 0 aromatic rings. The van der Waals surface area contributed by atoms with E-state index >= 15 is 0 Å². The van der Waals surface area contributed by atoms with Crippen LogP contribution in [-0.2, 0) is 0 Å². The monoisotopic (exact) mass is 168 g/mol. The van der Waals surface area contributed by atoms with E-state index < -0.39 is 0 Å². The van der Waals surface area contributed by atoms with E-state index in [1.165, 1.54) is 24.8 Å². The van der Waals surface area contributed by atoms with Crippen LogP contribution < -0.4 is 0 Å². The lowest BCUT2D eigenvalue weighted by atomic mass is 9.80. The summed E-state index contributed by atoms with van der Waals surface area (Å²) in [5.41, 5.74) is 1.76. The molecule has 0 amide bonds. The van der Waals surface area contributed by atoms with Crippen LogP contribution in [0.2, 0.25) is 0 Å². The van der Waals surface area contributed by atoms with E-state index in [2.05, 4.69) is 41.2 Å². The summed E-state index contributed by atoms with van der Waals surface area (Å²) in [6.07, 6.45) is 3.82. The molecule has 0 saturated carbocycles. The van der Waals surface area contributed by atoms with Crippen LogP contribution >= 0.6 is 0 Å². The Bertz CT molecular complexity index is 140. The quantitative estimate of drug-likeness (QED) is 0.533. The maximum atomic E-state index is 3.97. The van der Waals surface area contributed by atoms with E-state index in [1.54, 1.807) is 0 Å². The highest BCUT2D eigenvalue weighted by atomic mass is 14.2. The van der Waals surface area contributed by atoms with Crippen LogP contribution in [0, 0.1) is 11.3 Å². The number of rotatable bonds is 5. The van der Waals surface area contributed by atoms with Gasteiger partial charge in [0.25, 0.3) is 0 Å². The van der Waals surface area contributed by atoms with Crippen molar-refractivity contribution >= 4 is 0 Å². The summed E-state index contributed by atoms with van der Waals surface area (Å²) in [5.74, 6) is 0.828. The van der Waals surface area contributed by atoms with Crippen molar-refractivity contribution in [2.75, 3.05) is 0 Å². The summed E-state index contributed by atoms with van der Waals surface area (Å²) >= 11 is 0. The normalized spacial score (nSPS) is 12.2. The lowest BCUT2D eigenvalue weighted by molar-refractivity contribution is 0.302. The Balaban J connectivity index is 3.78. The van der Waals surface area contributed by atoms with E-state index in [-0.39, 0.29) is 0 Å². The van der Waals surface area contributed by atoms with Gasteiger partial charge in [-0.15, -0.1) is 6.58 Å². The molecule has 0 bridgehead atoms. The predicted molar refractivity (Wildman–Crippen MR) is 57.3 cm³/mol. The Kier molecular flexibility index (Phi) is 4.59. The maximum absolute atomic E-state index is 3.97. The van der Waals surface area contributed by atoms with E-state index in [1.807, 2.05) is 0 Å². The van der Waals surface area contributed by atoms with E-state index in [4.69, 9.17) is 0 Å². The highest BCUT2D eigenvalue weighted by Crippen LogP contribution is 2.31. The molecule has 0 heteroatoms. The van der Waals surface area contributed by atoms with E-state index in [0.717, 1.165) is 5.92 Å². The minimum absolute atomic E-state index is 0.454. The summed E-state index contributed by atoms with van der Waals surface area (Å²) < 4.78 is 0. The van der Waals surface area contributed by atoms with E-state index in [0.29, 0.717) is 5.41 Å². The highest BCUT2D eigenvalue weighted by Gasteiger charge is 2.17. The third-order valence-corrected chi connectivity index (χ3v) is 2.18. The molecule has 0 saturated heterocycles. The molecule has 0 unspecified atom stereocenters. The molecule has 0 spiro atoms. The molecule has 0 rings (SSSR count). The smallest absolute Gasteiger partial charge is 0.0274 e. The van der Waals surface area contributed by atoms with Crippen LogP contribution in [0.15, 0.2) is 12.2 Å². The first-order valence-electron chi connectivity index (χ1n) is 4.98. The molecule has 0 aliphatic carbocycles. The van der Waals surface area contributed by atoms with Crippen LogP contribution in [0.3, 0.4) is 0 Å². The fourth-order valence-electron chi connectivity index (χ4n) is 1.58. The summed E-state index contributed by atoms with van der Waals surface area (Å²) in [6, 6.07) is 0. The Labute approximate surface area is 78.1 Å². The minimum Gasteiger partial charge on any atom is -0.100 e. The summed E-state index contributed by atoms with van der Waals surface area (Å²) in [5, 5.41) is 0. The zero-order valence-corrected chi connectivity index (χ0v) is 9.41. The molecule has 0 radical (unpaired) electrons. The third kappa shape index (κ3) is 6.45. The summed E-state index contributed by atoms with van der Waals surface area (Å²) in [4.78, 5) is 0. The third-order valence-electron chi connectivity index (χ3n) is 2.18. The average molecular weight is 168 g/mol. The van der Waals surface area contributed by atoms with Gasteiger partial charge in [-0.1, -0.05) is 39.7 Å². The molecule has 72 valence electrons. The standard InChI is InChI=1S/C12H24/c1-10(2)7-8-12(5,6)9-11(3)4/h10H,3,7-9H2,1-2,4-6H3. The van der Waals surface area contributed by atoms with Gasteiger partial charge in [0.15, 0.2) is 0 Å². The first-order valence-corrected chi connectivity index (χ1v) is 4.98. The number of hydrogen-bond acceptors (Lipinski definition) is 0. The van der Waals surface area contributed by atoms with Gasteiger partial charge in [-0.2, -0.15) is 0 Å². The summed E-state index contributed by atoms with van der Waals surface area (Å²) in [7, 11) is 0. The highest BCUT2D eigenvalue weighted by molar-refractivity contribution is 4.93. The van der Waals surface area contributed by atoms with Gasteiger partial charge in [0.05, 0.1) is 0 Å². The summed E-state index contributed by atoms with van der Waals surface area (Å²) in [6.45, 7) is 15.3. The van der Waals surface area contributed by atoms with Gasteiger partial charge < -0.3 is 0 Å². The molecule has 0 heterocycles. The Morgan fingerprint density at radius 1 is 1.33 bits per heavy atom. The zero-order valence-electron chi connectivity index (χ0n) is 9.41. The molecule has 0 aliphatic rings. The second-order valence-corrected chi connectivity index (χ2v) is 5.23. The van der Waals surface area contributed by atoms with Crippen molar-refractivity contribution in [3.05, 3.63) is 12.2 Å². The van der Waals surface area contributed by atoms with Crippen LogP contribution in [0.4, 0.5) is 0 Å². The fourth-order valence-corrected chi connectivity index (χ4v) is 1.58. The first-order chi connectivity index (χ1) is 5.33. The van der Waals surface area contributed by atoms with Gasteiger partial charge in [-0.25, -0.2) is 0 Å². The van der Waals surface area contributed by atoms with Crippen LogP contribution in [0.25, 0.3) is 0 Å². The lowest BCUT2D eigenvalue weighted by Gasteiger charge is -2.25. The van der Waals surface area contributed by atoms with Crippen molar-refractivity contribution < 1.29 is 0 Å². The first kappa shape index (κ1) is 11.7. The van der Waals surface area contributed by atoms with Gasteiger partial charge in [0.2, 0.25) is 0 Å². The molecular weight excluding hydrogens is 144 g/mol. The molecule has 0 aliphatic heterocycles. The minimum atomic E-state index is 0.454. The molecule has 0 atom stereocenters. The molecule has 0 fully saturated rings. The average Bonchev–Trinajstić information content (AvgIpc) is 1.81. The van der Waals surface area contributed by atoms with Crippen molar-refractivity contribution in [3.8, 4) is 0 Å². The molecule has 0 aromatic carbocycles. The number of allylic oxidation sites excluding steroid dienone is 1. The Morgan fingerprint density at radius 3 is 2.17 bits per heavy atom. The van der Waals surface area contributed by atoms with Crippen molar-refractivity contribution in [3.63, 3.8) is 0 Å². The molecule has 0 nitrogen and oxygen atoms in total. The van der Waals surface area contributed by atoms with E-state index in [9.17, 15) is 0 Å². The molecule has 0 N–H and O–H groups in total. The largest absolute Gasteiger partial charge is 0.100 e. The van der Waals surface area contributed by atoms with Gasteiger partial charge in [-0.05, 0) is 31.1 Å².